The Labute approximate surface area is 138 Å². The second-order valence-corrected chi connectivity index (χ2v) is 5.75. The summed E-state index contributed by atoms with van der Waals surface area (Å²) in [6.07, 6.45) is 2.12. The van der Waals surface area contributed by atoms with Gasteiger partial charge in [0.05, 0.1) is 6.34 Å². The van der Waals surface area contributed by atoms with Gasteiger partial charge in [-0.05, 0) is 17.7 Å². The summed E-state index contributed by atoms with van der Waals surface area (Å²) in [6, 6.07) is 7.45. The highest BCUT2D eigenvalue weighted by Crippen LogP contribution is 2.26. The van der Waals surface area contributed by atoms with E-state index < -0.39 is 0 Å². The van der Waals surface area contributed by atoms with Crippen LogP contribution in [0.25, 0.3) is 0 Å². The van der Waals surface area contributed by atoms with E-state index in [-0.39, 0.29) is 5.95 Å². The minimum Gasteiger partial charge on any atom is -0.369 e. The lowest BCUT2D eigenvalue weighted by atomic mass is 10.1. The molecule has 0 aliphatic rings. The van der Waals surface area contributed by atoms with Crippen molar-refractivity contribution in [1.29, 1.82) is 0 Å². The molecule has 0 aliphatic carbocycles. The normalized spacial score (nSPS) is 11.1. The van der Waals surface area contributed by atoms with E-state index in [1.807, 2.05) is 38.4 Å². The third-order valence-corrected chi connectivity index (χ3v) is 3.47. The Balaban J connectivity index is 2.26. The van der Waals surface area contributed by atoms with Gasteiger partial charge in [0.1, 0.15) is 10.3 Å². The second kappa shape index (κ2) is 7.07. The summed E-state index contributed by atoms with van der Waals surface area (Å²) in [5.41, 5.74) is 1.70. The fraction of sp³-hybridized carbons (Fsp3) is 0.214. The van der Waals surface area contributed by atoms with Crippen LogP contribution in [0.3, 0.4) is 0 Å². The van der Waals surface area contributed by atoms with Gasteiger partial charge in [-0.15, -0.1) is 0 Å². The summed E-state index contributed by atoms with van der Waals surface area (Å²) in [7, 11) is 3.70. The number of halogens is 3. The molecule has 2 aromatic rings. The number of hydrogen-bond donors (Lipinski definition) is 0. The lowest BCUT2D eigenvalue weighted by Gasteiger charge is -2.07. The van der Waals surface area contributed by atoms with Crippen LogP contribution >= 0.6 is 34.8 Å². The predicted molar refractivity (Wildman–Crippen MR) is 88.1 cm³/mol. The molecule has 2 rings (SSSR count). The van der Waals surface area contributed by atoms with Crippen LogP contribution in [-0.4, -0.2) is 35.3 Å². The Bertz CT molecular complexity index is 631. The number of benzene rings is 1. The zero-order chi connectivity index (χ0) is 15.4. The lowest BCUT2D eigenvalue weighted by Crippen LogP contribution is -2.07. The summed E-state index contributed by atoms with van der Waals surface area (Å²) in [6.45, 7) is 0. The van der Waals surface area contributed by atoms with Gasteiger partial charge in [-0.1, -0.05) is 46.9 Å². The Hall–Kier alpha value is -1.36. The van der Waals surface area contributed by atoms with Gasteiger partial charge in [0, 0.05) is 31.1 Å². The molecular formula is C14H13Cl3N4. The number of aliphatic imine (C=N–C) groups is 1. The van der Waals surface area contributed by atoms with Crippen LogP contribution in [0.5, 0.6) is 0 Å². The van der Waals surface area contributed by atoms with Gasteiger partial charge in [-0.3, -0.25) is 0 Å². The van der Waals surface area contributed by atoms with Gasteiger partial charge in [0.15, 0.2) is 0 Å². The maximum Gasteiger partial charge on any atom is 0.253 e. The molecule has 7 heteroatoms. The van der Waals surface area contributed by atoms with Crippen molar-refractivity contribution in [3.63, 3.8) is 0 Å². The first kappa shape index (κ1) is 16.0. The lowest BCUT2D eigenvalue weighted by molar-refractivity contribution is 0.642. The predicted octanol–water partition coefficient (Wildman–Crippen LogP) is 4.25. The minimum atomic E-state index is 0.235. The largest absolute Gasteiger partial charge is 0.369 e. The smallest absolute Gasteiger partial charge is 0.253 e. The molecule has 0 N–H and O–H groups in total. The van der Waals surface area contributed by atoms with E-state index in [1.165, 1.54) is 0 Å². The molecule has 0 atom stereocenters. The van der Waals surface area contributed by atoms with Crippen molar-refractivity contribution in [2.45, 2.75) is 6.42 Å². The third-order valence-electron chi connectivity index (χ3n) is 2.59. The summed E-state index contributed by atoms with van der Waals surface area (Å²) in [5, 5.41) is 1.28. The van der Waals surface area contributed by atoms with Crippen molar-refractivity contribution < 1.29 is 0 Å². The fourth-order valence-corrected chi connectivity index (χ4v) is 2.24. The Kier molecular flexibility index (Phi) is 5.39. The van der Waals surface area contributed by atoms with E-state index >= 15 is 0 Å². The van der Waals surface area contributed by atoms with E-state index in [9.17, 15) is 0 Å². The zero-order valence-corrected chi connectivity index (χ0v) is 13.8. The van der Waals surface area contributed by atoms with Gasteiger partial charge in [-0.25, -0.2) is 4.99 Å². The molecule has 110 valence electrons. The molecule has 1 heterocycles. The minimum absolute atomic E-state index is 0.235. The highest BCUT2D eigenvalue weighted by atomic mass is 35.5. The molecular weight excluding hydrogens is 331 g/mol. The molecule has 0 radical (unpaired) electrons. The molecule has 0 saturated heterocycles. The molecule has 0 aliphatic heterocycles. The van der Waals surface area contributed by atoms with Crippen molar-refractivity contribution in [3.05, 3.63) is 50.7 Å². The van der Waals surface area contributed by atoms with Crippen LogP contribution in [0.4, 0.5) is 5.95 Å². The van der Waals surface area contributed by atoms with Crippen molar-refractivity contribution >= 4 is 47.1 Å². The van der Waals surface area contributed by atoms with Gasteiger partial charge in [0.2, 0.25) is 0 Å². The Morgan fingerprint density at radius 3 is 2.14 bits per heavy atom. The van der Waals surface area contributed by atoms with E-state index in [2.05, 4.69) is 15.0 Å². The van der Waals surface area contributed by atoms with E-state index in [0.29, 0.717) is 27.3 Å². The van der Waals surface area contributed by atoms with Crippen LogP contribution in [0, 0.1) is 0 Å². The topological polar surface area (TPSA) is 41.4 Å². The molecule has 4 nitrogen and oxygen atoms in total. The molecule has 21 heavy (non-hydrogen) atoms. The first-order chi connectivity index (χ1) is 9.95. The van der Waals surface area contributed by atoms with Gasteiger partial charge in [0.25, 0.3) is 5.95 Å². The summed E-state index contributed by atoms with van der Waals surface area (Å²) < 4.78 is 0. The monoisotopic (exact) mass is 342 g/mol. The number of hydrogen-bond acceptors (Lipinski definition) is 3. The third kappa shape index (κ3) is 4.56. The Morgan fingerprint density at radius 2 is 1.62 bits per heavy atom. The van der Waals surface area contributed by atoms with Crippen LogP contribution in [0.15, 0.2) is 29.3 Å². The molecule has 0 bridgehead atoms. The van der Waals surface area contributed by atoms with Crippen molar-refractivity contribution in [2.24, 2.45) is 4.99 Å². The molecule has 1 aromatic carbocycles. The summed E-state index contributed by atoms with van der Waals surface area (Å²) in [5.74, 6) is 0.235. The van der Waals surface area contributed by atoms with E-state index in [4.69, 9.17) is 34.8 Å². The maximum atomic E-state index is 6.18. The SMILES string of the molecule is CN(C)C=Nc1nc(Cl)c(Cc2ccc(Cl)cc2)c(Cl)n1. The second-order valence-electron chi connectivity index (χ2n) is 4.60. The van der Waals surface area contributed by atoms with E-state index in [1.54, 1.807) is 11.2 Å². The van der Waals surface area contributed by atoms with Crippen molar-refractivity contribution in [1.82, 2.24) is 14.9 Å². The van der Waals surface area contributed by atoms with Crippen LogP contribution in [0.1, 0.15) is 11.1 Å². The molecule has 1 aromatic heterocycles. The molecule has 0 spiro atoms. The van der Waals surface area contributed by atoms with Crippen molar-refractivity contribution in [3.8, 4) is 0 Å². The highest BCUT2D eigenvalue weighted by Gasteiger charge is 2.12. The van der Waals surface area contributed by atoms with Crippen molar-refractivity contribution in [2.75, 3.05) is 14.1 Å². The van der Waals surface area contributed by atoms with Gasteiger partial charge in [-0.2, -0.15) is 9.97 Å². The highest BCUT2D eigenvalue weighted by molar-refractivity contribution is 6.34. The summed E-state index contributed by atoms with van der Waals surface area (Å²) >= 11 is 18.2. The molecule has 0 unspecified atom stereocenters. The van der Waals surface area contributed by atoms with Crippen LogP contribution < -0.4 is 0 Å². The van der Waals surface area contributed by atoms with Gasteiger partial charge >= 0.3 is 0 Å². The molecule has 0 amide bonds. The molecule has 0 fully saturated rings. The Morgan fingerprint density at radius 1 is 1.05 bits per heavy atom. The van der Waals surface area contributed by atoms with Crippen LogP contribution in [0.2, 0.25) is 15.3 Å². The average molecular weight is 344 g/mol. The fourth-order valence-electron chi connectivity index (χ4n) is 1.60. The standard InChI is InChI=1S/C14H13Cl3N4/c1-21(2)8-18-14-19-12(16)11(13(17)20-14)7-9-3-5-10(15)6-4-9/h3-6,8H,7H2,1-2H3. The van der Waals surface area contributed by atoms with Crippen LogP contribution in [-0.2, 0) is 6.42 Å². The first-order valence-electron chi connectivity index (χ1n) is 6.12. The quantitative estimate of drug-likeness (QED) is 0.473. The average Bonchev–Trinajstić information content (AvgIpc) is 2.42. The van der Waals surface area contributed by atoms with E-state index in [0.717, 1.165) is 5.56 Å². The number of aromatic nitrogens is 2. The first-order valence-corrected chi connectivity index (χ1v) is 7.26. The number of rotatable bonds is 4. The summed E-state index contributed by atoms with van der Waals surface area (Å²) in [4.78, 5) is 14.1. The zero-order valence-electron chi connectivity index (χ0n) is 11.5. The molecule has 0 saturated carbocycles. The van der Waals surface area contributed by atoms with Gasteiger partial charge < -0.3 is 4.90 Å². The maximum absolute atomic E-state index is 6.18. The number of nitrogens with zero attached hydrogens (tertiary/aromatic N) is 4.